The zero-order valence-electron chi connectivity index (χ0n) is 10.8. The maximum absolute atomic E-state index is 12.0. The highest BCUT2D eigenvalue weighted by atomic mass is 32.2. The van der Waals surface area contributed by atoms with Crippen LogP contribution in [0.2, 0.25) is 0 Å². The summed E-state index contributed by atoms with van der Waals surface area (Å²) in [5.41, 5.74) is 0. The smallest absolute Gasteiger partial charge is 0.241 e. The molecule has 2 rings (SSSR count). The van der Waals surface area contributed by atoms with Crippen LogP contribution in [0.25, 0.3) is 0 Å². The van der Waals surface area contributed by atoms with Crippen molar-refractivity contribution >= 4 is 16.0 Å². The predicted octanol–water partition coefficient (Wildman–Crippen LogP) is -0.735. The monoisotopic (exact) mass is 300 g/mol. The first-order valence-electron chi connectivity index (χ1n) is 6.03. The predicted molar refractivity (Wildman–Crippen MR) is 66.8 cm³/mol. The fourth-order valence-electron chi connectivity index (χ4n) is 1.66. The SMILES string of the molecule is C[C@@H](NS(=O)(=O)c1ccc2c(c1)OCCCO2)C(=O)[O-]. The molecule has 1 aliphatic heterocycles. The molecule has 1 aliphatic rings. The van der Waals surface area contributed by atoms with Gasteiger partial charge in [0.15, 0.2) is 11.5 Å². The maximum atomic E-state index is 12.0. The summed E-state index contributed by atoms with van der Waals surface area (Å²) in [5.74, 6) is -0.705. The Balaban J connectivity index is 2.28. The Bertz CT molecular complexity index is 612. The summed E-state index contributed by atoms with van der Waals surface area (Å²) in [7, 11) is -3.96. The zero-order valence-corrected chi connectivity index (χ0v) is 11.6. The standard InChI is InChI=1S/C12H15NO6S/c1-8(12(14)15)13-20(16,17)9-3-4-10-11(7-9)19-6-2-5-18-10/h3-4,7-8,13H,2,5-6H2,1H3,(H,14,15)/p-1/t8-/m1/s1. The van der Waals surface area contributed by atoms with E-state index in [4.69, 9.17) is 9.47 Å². The third-order valence-corrected chi connectivity index (χ3v) is 4.25. The maximum Gasteiger partial charge on any atom is 0.241 e. The lowest BCUT2D eigenvalue weighted by Crippen LogP contribution is -2.45. The Labute approximate surface area is 116 Å². The summed E-state index contributed by atoms with van der Waals surface area (Å²) in [6.07, 6.45) is 0.705. The fourth-order valence-corrected chi connectivity index (χ4v) is 2.87. The number of fused-ring (bicyclic) bond motifs is 1. The largest absolute Gasteiger partial charge is 0.548 e. The topological polar surface area (TPSA) is 105 Å². The van der Waals surface area contributed by atoms with Crippen LogP contribution >= 0.6 is 0 Å². The van der Waals surface area contributed by atoms with E-state index in [2.05, 4.69) is 0 Å². The molecule has 0 aromatic heterocycles. The van der Waals surface area contributed by atoms with E-state index in [0.29, 0.717) is 31.1 Å². The number of carbonyl (C=O) groups excluding carboxylic acids is 1. The van der Waals surface area contributed by atoms with Gasteiger partial charge in [0.05, 0.1) is 30.1 Å². The minimum absolute atomic E-state index is 0.0881. The van der Waals surface area contributed by atoms with Crippen LogP contribution in [0.5, 0.6) is 11.5 Å². The minimum atomic E-state index is -3.96. The van der Waals surface area contributed by atoms with E-state index in [9.17, 15) is 18.3 Å². The third-order valence-electron chi connectivity index (χ3n) is 2.71. The second-order valence-electron chi connectivity index (χ2n) is 4.32. The Morgan fingerprint density at radius 3 is 2.60 bits per heavy atom. The molecule has 1 N–H and O–H groups in total. The van der Waals surface area contributed by atoms with Crippen LogP contribution in [-0.4, -0.2) is 33.6 Å². The van der Waals surface area contributed by atoms with Crippen LogP contribution in [0.15, 0.2) is 23.1 Å². The van der Waals surface area contributed by atoms with Gasteiger partial charge in [0, 0.05) is 12.5 Å². The number of rotatable bonds is 4. The molecule has 0 bridgehead atoms. The van der Waals surface area contributed by atoms with Gasteiger partial charge >= 0.3 is 0 Å². The number of hydrogen-bond acceptors (Lipinski definition) is 6. The van der Waals surface area contributed by atoms with Gasteiger partial charge in [-0.2, -0.15) is 0 Å². The van der Waals surface area contributed by atoms with Crippen molar-refractivity contribution in [3.63, 3.8) is 0 Å². The van der Waals surface area contributed by atoms with Crippen LogP contribution in [-0.2, 0) is 14.8 Å². The van der Waals surface area contributed by atoms with Crippen molar-refractivity contribution in [2.24, 2.45) is 0 Å². The summed E-state index contributed by atoms with van der Waals surface area (Å²) in [6, 6.07) is 2.80. The average Bonchev–Trinajstić information content (AvgIpc) is 2.62. The van der Waals surface area contributed by atoms with Crippen molar-refractivity contribution in [1.29, 1.82) is 0 Å². The van der Waals surface area contributed by atoms with Gasteiger partial charge in [0.1, 0.15) is 0 Å². The molecule has 20 heavy (non-hydrogen) atoms. The molecule has 1 heterocycles. The molecule has 1 aromatic rings. The Hall–Kier alpha value is -1.80. The number of carboxylic acids is 1. The van der Waals surface area contributed by atoms with Crippen LogP contribution < -0.4 is 19.3 Å². The van der Waals surface area contributed by atoms with Crippen molar-refractivity contribution in [2.45, 2.75) is 24.3 Å². The van der Waals surface area contributed by atoms with E-state index in [0.717, 1.165) is 0 Å². The van der Waals surface area contributed by atoms with Gasteiger partial charge in [-0.1, -0.05) is 0 Å². The zero-order chi connectivity index (χ0) is 14.8. The molecule has 0 unspecified atom stereocenters. The highest BCUT2D eigenvalue weighted by Gasteiger charge is 2.21. The van der Waals surface area contributed by atoms with E-state index in [-0.39, 0.29) is 4.90 Å². The van der Waals surface area contributed by atoms with Gasteiger partial charge in [-0.05, 0) is 19.1 Å². The summed E-state index contributed by atoms with van der Waals surface area (Å²) in [6.45, 7) is 2.12. The van der Waals surface area contributed by atoms with Gasteiger partial charge < -0.3 is 19.4 Å². The van der Waals surface area contributed by atoms with E-state index < -0.39 is 22.0 Å². The van der Waals surface area contributed by atoms with Crippen LogP contribution in [0, 0.1) is 0 Å². The molecule has 0 radical (unpaired) electrons. The van der Waals surface area contributed by atoms with Crippen molar-refractivity contribution < 1.29 is 27.8 Å². The normalized spacial score (nSPS) is 16.2. The molecule has 0 fully saturated rings. The van der Waals surface area contributed by atoms with Crippen LogP contribution in [0.4, 0.5) is 0 Å². The number of carboxylic acid groups (broad SMARTS) is 1. The molecule has 0 saturated heterocycles. The molecule has 0 spiro atoms. The van der Waals surface area contributed by atoms with Crippen LogP contribution in [0.3, 0.4) is 0 Å². The van der Waals surface area contributed by atoms with Gasteiger partial charge in [-0.3, -0.25) is 0 Å². The highest BCUT2D eigenvalue weighted by molar-refractivity contribution is 7.89. The average molecular weight is 300 g/mol. The number of sulfonamides is 1. The molecule has 0 aliphatic carbocycles. The molecule has 8 heteroatoms. The molecule has 7 nitrogen and oxygen atoms in total. The molecule has 0 amide bonds. The first kappa shape index (κ1) is 14.6. The Kier molecular flexibility index (Phi) is 4.15. The molecular formula is C12H14NO6S-. The fraction of sp³-hybridized carbons (Fsp3) is 0.417. The van der Waals surface area contributed by atoms with Gasteiger partial charge in [0.2, 0.25) is 10.0 Å². The van der Waals surface area contributed by atoms with Crippen molar-refractivity contribution in [2.75, 3.05) is 13.2 Å². The second kappa shape index (κ2) is 5.68. The number of hydrogen-bond donors (Lipinski definition) is 1. The number of ether oxygens (including phenoxy) is 2. The third kappa shape index (κ3) is 3.20. The van der Waals surface area contributed by atoms with E-state index in [1.807, 2.05) is 4.72 Å². The van der Waals surface area contributed by atoms with E-state index in [1.54, 1.807) is 0 Å². The van der Waals surface area contributed by atoms with Gasteiger partial charge in [-0.25, -0.2) is 13.1 Å². The molecule has 1 aromatic carbocycles. The van der Waals surface area contributed by atoms with Crippen molar-refractivity contribution in [1.82, 2.24) is 4.72 Å². The van der Waals surface area contributed by atoms with Gasteiger partial charge in [0.25, 0.3) is 0 Å². The van der Waals surface area contributed by atoms with Gasteiger partial charge in [-0.15, -0.1) is 0 Å². The summed E-state index contributed by atoms with van der Waals surface area (Å²) < 4.78 is 36.8. The quantitative estimate of drug-likeness (QED) is 0.785. The Morgan fingerprint density at radius 2 is 1.95 bits per heavy atom. The molecule has 0 saturated carbocycles. The molecular weight excluding hydrogens is 286 g/mol. The lowest BCUT2D eigenvalue weighted by atomic mass is 10.3. The summed E-state index contributed by atoms with van der Waals surface area (Å²) in [5, 5.41) is 10.6. The molecule has 1 atom stereocenters. The second-order valence-corrected chi connectivity index (χ2v) is 6.04. The number of nitrogens with one attached hydrogen (secondary N) is 1. The number of aliphatic carboxylic acids is 1. The first-order chi connectivity index (χ1) is 9.40. The van der Waals surface area contributed by atoms with Crippen LogP contribution in [0.1, 0.15) is 13.3 Å². The minimum Gasteiger partial charge on any atom is -0.548 e. The molecule has 110 valence electrons. The van der Waals surface area contributed by atoms with E-state index >= 15 is 0 Å². The summed E-state index contributed by atoms with van der Waals surface area (Å²) >= 11 is 0. The Morgan fingerprint density at radius 1 is 1.30 bits per heavy atom. The summed E-state index contributed by atoms with van der Waals surface area (Å²) in [4.78, 5) is 10.5. The number of carbonyl (C=O) groups is 1. The van der Waals surface area contributed by atoms with Crippen molar-refractivity contribution in [3.8, 4) is 11.5 Å². The first-order valence-corrected chi connectivity index (χ1v) is 7.51. The number of benzene rings is 1. The van der Waals surface area contributed by atoms with E-state index in [1.165, 1.54) is 25.1 Å². The highest BCUT2D eigenvalue weighted by Crippen LogP contribution is 2.31. The lowest BCUT2D eigenvalue weighted by molar-refractivity contribution is -0.307. The van der Waals surface area contributed by atoms with Crippen molar-refractivity contribution in [3.05, 3.63) is 18.2 Å². The lowest BCUT2D eigenvalue weighted by Gasteiger charge is -2.15.